The summed E-state index contributed by atoms with van der Waals surface area (Å²) in [6.45, 7) is 0. The molecule has 5 nitrogen and oxygen atoms in total. The van der Waals surface area contributed by atoms with Gasteiger partial charge in [-0.05, 0) is 72.8 Å². The van der Waals surface area contributed by atoms with Gasteiger partial charge in [-0.2, -0.15) is 0 Å². The van der Waals surface area contributed by atoms with Crippen molar-refractivity contribution in [1.82, 2.24) is 0 Å². The molecule has 34 heavy (non-hydrogen) atoms. The molecule has 0 amide bonds. The quantitative estimate of drug-likeness (QED) is 0.0946. The summed E-state index contributed by atoms with van der Waals surface area (Å²) in [4.78, 5) is 2.73. The molecule has 5 rings (SSSR count). The molecule has 0 spiro atoms. The summed E-state index contributed by atoms with van der Waals surface area (Å²) >= 11 is 12.6. The summed E-state index contributed by atoms with van der Waals surface area (Å²) in [5, 5.41) is 3.90. The fourth-order valence-electron chi connectivity index (χ4n) is 3.24. The SMILES string of the molecule is Nc1ccc(N)c2cc(S)ccc12.Nc1ccc(N)c2cc(S)ccc12.Nc1ccc(S)cc1. The number of anilines is 5. The summed E-state index contributed by atoms with van der Waals surface area (Å²) < 4.78 is 0. The van der Waals surface area contributed by atoms with Crippen LogP contribution in [0.4, 0.5) is 28.4 Å². The molecule has 0 saturated heterocycles. The van der Waals surface area contributed by atoms with E-state index in [4.69, 9.17) is 28.7 Å². The summed E-state index contributed by atoms with van der Waals surface area (Å²) in [6, 6.07) is 26.1. The van der Waals surface area contributed by atoms with Gasteiger partial charge in [-0.1, -0.05) is 12.1 Å². The molecule has 5 aromatic rings. The second-order valence-corrected chi connectivity index (χ2v) is 9.09. The van der Waals surface area contributed by atoms with Crippen molar-refractivity contribution in [3.05, 3.63) is 84.9 Å². The molecule has 10 N–H and O–H groups in total. The van der Waals surface area contributed by atoms with Crippen LogP contribution in [0.5, 0.6) is 0 Å². The Kier molecular flexibility index (Phi) is 8.33. The average Bonchev–Trinajstić information content (AvgIpc) is 2.82. The summed E-state index contributed by atoms with van der Waals surface area (Å²) in [5.74, 6) is 0. The second-order valence-electron chi connectivity index (χ2n) is 7.54. The third-order valence-electron chi connectivity index (χ3n) is 5.03. The van der Waals surface area contributed by atoms with E-state index in [0.29, 0.717) is 0 Å². The normalized spacial score (nSPS) is 10.2. The van der Waals surface area contributed by atoms with Gasteiger partial charge in [0.2, 0.25) is 0 Å². The summed E-state index contributed by atoms with van der Waals surface area (Å²) in [7, 11) is 0. The van der Waals surface area contributed by atoms with Gasteiger partial charge in [0.25, 0.3) is 0 Å². The largest absolute Gasteiger partial charge is 0.399 e. The van der Waals surface area contributed by atoms with Crippen LogP contribution in [-0.4, -0.2) is 0 Å². The van der Waals surface area contributed by atoms with Crippen LogP contribution in [-0.2, 0) is 0 Å². The zero-order chi connectivity index (χ0) is 24.8. The molecule has 174 valence electrons. The lowest BCUT2D eigenvalue weighted by atomic mass is 10.1. The van der Waals surface area contributed by atoms with Gasteiger partial charge in [0, 0.05) is 64.7 Å². The summed E-state index contributed by atoms with van der Waals surface area (Å²) in [6.07, 6.45) is 0. The van der Waals surface area contributed by atoms with E-state index < -0.39 is 0 Å². The van der Waals surface area contributed by atoms with E-state index in [9.17, 15) is 0 Å². The van der Waals surface area contributed by atoms with Crippen molar-refractivity contribution in [3.8, 4) is 0 Å². The molecule has 0 atom stereocenters. The van der Waals surface area contributed by atoms with Gasteiger partial charge in [0.15, 0.2) is 0 Å². The number of hydrogen-bond acceptors (Lipinski definition) is 8. The van der Waals surface area contributed by atoms with Crippen LogP contribution in [0, 0.1) is 0 Å². The molecule has 5 aromatic carbocycles. The second kappa shape index (κ2) is 11.2. The fourth-order valence-corrected chi connectivity index (χ4v) is 3.79. The molecule has 0 heterocycles. The van der Waals surface area contributed by atoms with Crippen molar-refractivity contribution in [2.75, 3.05) is 28.7 Å². The van der Waals surface area contributed by atoms with E-state index in [0.717, 1.165) is 64.7 Å². The highest BCUT2D eigenvalue weighted by Gasteiger charge is 2.02. The van der Waals surface area contributed by atoms with Crippen LogP contribution < -0.4 is 28.7 Å². The minimum atomic E-state index is 0.736. The van der Waals surface area contributed by atoms with Crippen molar-refractivity contribution in [3.63, 3.8) is 0 Å². The number of nitrogen functional groups attached to an aromatic ring is 5. The van der Waals surface area contributed by atoms with Crippen LogP contribution in [0.3, 0.4) is 0 Å². The first-order valence-corrected chi connectivity index (χ1v) is 11.6. The predicted octanol–water partition coefficient (Wildman–Crippen LogP) is 6.14. The third-order valence-corrected chi connectivity index (χ3v) is 5.88. The molecule has 0 unspecified atom stereocenters. The monoisotopic (exact) mass is 505 g/mol. The Balaban J connectivity index is 0.000000148. The van der Waals surface area contributed by atoms with Gasteiger partial charge in [-0.3, -0.25) is 0 Å². The van der Waals surface area contributed by atoms with Crippen LogP contribution in [0.2, 0.25) is 0 Å². The number of benzene rings is 5. The number of fused-ring (bicyclic) bond motifs is 2. The predicted molar refractivity (Wildman–Crippen MR) is 158 cm³/mol. The van der Waals surface area contributed by atoms with Crippen molar-refractivity contribution >= 4 is 87.9 Å². The van der Waals surface area contributed by atoms with E-state index in [1.807, 2.05) is 84.9 Å². The van der Waals surface area contributed by atoms with E-state index >= 15 is 0 Å². The van der Waals surface area contributed by atoms with E-state index in [2.05, 4.69) is 37.9 Å². The fraction of sp³-hybridized carbons (Fsp3) is 0. The molecule has 0 aromatic heterocycles. The highest BCUT2D eigenvalue weighted by molar-refractivity contribution is 7.80. The lowest BCUT2D eigenvalue weighted by Crippen LogP contribution is -1.91. The zero-order valence-corrected chi connectivity index (χ0v) is 21.0. The van der Waals surface area contributed by atoms with Crippen molar-refractivity contribution in [2.45, 2.75) is 14.7 Å². The lowest BCUT2D eigenvalue weighted by molar-refractivity contribution is 1.48. The molecule has 0 aliphatic heterocycles. The van der Waals surface area contributed by atoms with Gasteiger partial charge < -0.3 is 28.7 Å². The minimum absolute atomic E-state index is 0.736. The molecule has 0 aliphatic rings. The molecule has 0 bridgehead atoms. The Morgan fingerprint density at radius 2 is 0.676 bits per heavy atom. The maximum atomic E-state index is 5.80. The third kappa shape index (κ3) is 6.38. The van der Waals surface area contributed by atoms with E-state index in [1.54, 1.807) is 0 Å². The lowest BCUT2D eigenvalue weighted by Gasteiger charge is -2.05. The molecule has 0 aliphatic carbocycles. The van der Waals surface area contributed by atoms with E-state index in [-0.39, 0.29) is 0 Å². The van der Waals surface area contributed by atoms with Crippen LogP contribution in [0.15, 0.2) is 99.6 Å². The van der Waals surface area contributed by atoms with Gasteiger partial charge >= 0.3 is 0 Å². The molecule has 0 fully saturated rings. The van der Waals surface area contributed by atoms with Crippen molar-refractivity contribution < 1.29 is 0 Å². The Morgan fingerprint density at radius 1 is 0.353 bits per heavy atom. The van der Waals surface area contributed by atoms with Crippen LogP contribution in [0.25, 0.3) is 21.5 Å². The minimum Gasteiger partial charge on any atom is -0.399 e. The zero-order valence-electron chi connectivity index (χ0n) is 18.3. The Labute approximate surface area is 215 Å². The van der Waals surface area contributed by atoms with Gasteiger partial charge in [-0.15, -0.1) is 37.9 Å². The molecule has 8 heteroatoms. The highest BCUT2D eigenvalue weighted by Crippen LogP contribution is 2.29. The van der Waals surface area contributed by atoms with Crippen molar-refractivity contribution in [2.24, 2.45) is 0 Å². The smallest absolute Gasteiger partial charge is 0.0395 e. The Hall–Kier alpha value is -3.33. The van der Waals surface area contributed by atoms with Gasteiger partial charge in [0.1, 0.15) is 0 Å². The van der Waals surface area contributed by atoms with E-state index in [1.165, 1.54) is 0 Å². The van der Waals surface area contributed by atoms with Gasteiger partial charge in [0.05, 0.1) is 0 Å². The maximum absolute atomic E-state index is 5.80. The van der Waals surface area contributed by atoms with Crippen LogP contribution in [0.1, 0.15) is 0 Å². The first kappa shape index (κ1) is 25.3. The standard InChI is InChI=1S/2C10H10N2S.C6H7NS/c2*11-9-3-4-10(12)8-5-6(13)1-2-7(8)9;7-5-1-3-6(8)4-2-5/h2*1-5,13H,11-12H2;1-4,8H,7H2. The molecular weight excluding hydrogens is 479 g/mol. The number of rotatable bonds is 0. The topological polar surface area (TPSA) is 130 Å². The number of hydrogen-bond donors (Lipinski definition) is 8. The number of thiol groups is 3. The molecular formula is C26H27N5S3. The first-order chi connectivity index (χ1) is 16.2. The molecule has 0 radical (unpaired) electrons. The Morgan fingerprint density at radius 3 is 1.03 bits per heavy atom. The van der Waals surface area contributed by atoms with Crippen molar-refractivity contribution in [1.29, 1.82) is 0 Å². The van der Waals surface area contributed by atoms with Gasteiger partial charge in [-0.25, -0.2) is 0 Å². The molecule has 0 saturated carbocycles. The Bertz CT molecular complexity index is 1330. The number of nitrogens with two attached hydrogens (primary N) is 5. The summed E-state index contributed by atoms with van der Waals surface area (Å²) in [5.41, 5.74) is 32.3. The maximum Gasteiger partial charge on any atom is 0.0395 e. The highest BCUT2D eigenvalue weighted by atomic mass is 32.1. The van der Waals surface area contributed by atoms with Crippen LogP contribution >= 0.6 is 37.9 Å². The first-order valence-electron chi connectivity index (χ1n) is 10.2. The average molecular weight is 506 g/mol.